The Labute approximate surface area is 406 Å². The van der Waals surface area contributed by atoms with E-state index in [-0.39, 0.29) is 31.1 Å². The van der Waals surface area contributed by atoms with Gasteiger partial charge in [-0.15, -0.1) is 0 Å². The molecule has 0 rings (SSSR count). The van der Waals surface area contributed by atoms with Crippen LogP contribution in [0.3, 0.4) is 0 Å². The van der Waals surface area contributed by atoms with Crippen LogP contribution < -0.4 is 0 Å². The smallest absolute Gasteiger partial charge is 0.306 e. The van der Waals surface area contributed by atoms with Gasteiger partial charge < -0.3 is 14.2 Å². The Morgan fingerprint density at radius 1 is 0.292 bits per heavy atom. The van der Waals surface area contributed by atoms with Crippen molar-refractivity contribution in [1.82, 2.24) is 0 Å². The molecule has 0 amide bonds. The third kappa shape index (κ3) is 53.2. The average molecular weight is 920 g/mol. The highest BCUT2D eigenvalue weighted by molar-refractivity contribution is 5.71. The number of rotatable bonds is 54. The minimum atomic E-state index is -0.761. The maximum Gasteiger partial charge on any atom is 0.306 e. The molecule has 1 atom stereocenters. The number of carbonyl (C=O) groups excluding carboxylic acids is 3. The standard InChI is InChI=1S/C59H114O6/c1-5-7-9-11-13-15-17-18-23-27-31-34-38-42-46-50-57(60)63-53-56(65-59(62)52-48-44-40-36-29-16-14-12-10-8-6-2)54-64-58(61)51-47-43-39-35-32-28-25-22-20-19-21-24-26-30-33-37-41-45-49-55(3)4/h55-56H,5-54H2,1-4H3/t56-/m0/s1. The molecule has 0 saturated heterocycles. The van der Waals surface area contributed by atoms with Gasteiger partial charge in [-0.2, -0.15) is 0 Å². The summed E-state index contributed by atoms with van der Waals surface area (Å²) in [5.41, 5.74) is 0. The van der Waals surface area contributed by atoms with Gasteiger partial charge in [-0.05, 0) is 25.2 Å². The summed E-state index contributed by atoms with van der Waals surface area (Å²) in [6.07, 6.45) is 58.1. The van der Waals surface area contributed by atoms with E-state index in [1.54, 1.807) is 0 Å². The number of hydrogen-bond acceptors (Lipinski definition) is 6. The lowest BCUT2D eigenvalue weighted by atomic mass is 10.0. The molecule has 0 aliphatic carbocycles. The molecule has 0 bridgehead atoms. The van der Waals surface area contributed by atoms with Gasteiger partial charge in [0.15, 0.2) is 6.10 Å². The van der Waals surface area contributed by atoms with E-state index in [2.05, 4.69) is 27.7 Å². The maximum absolute atomic E-state index is 12.8. The van der Waals surface area contributed by atoms with Gasteiger partial charge >= 0.3 is 17.9 Å². The van der Waals surface area contributed by atoms with Crippen LogP contribution in [0.25, 0.3) is 0 Å². The lowest BCUT2D eigenvalue weighted by molar-refractivity contribution is -0.167. The molecule has 6 heteroatoms. The van der Waals surface area contributed by atoms with Crippen molar-refractivity contribution in [1.29, 1.82) is 0 Å². The summed E-state index contributed by atoms with van der Waals surface area (Å²) >= 11 is 0. The summed E-state index contributed by atoms with van der Waals surface area (Å²) in [5, 5.41) is 0. The Hall–Kier alpha value is -1.59. The Morgan fingerprint density at radius 2 is 0.508 bits per heavy atom. The third-order valence-electron chi connectivity index (χ3n) is 13.5. The summed E-state index contributed by atoms with van der Waals surface area (Å²) in [6, 6.07) is 0. The summed E-state index contributed by atoms with van der Waals surface area (Å²) in [4.78, 5) is 38.1. The molecule has 0 aromatic heterocycles. The van der Waals surface area contributed by atoms with Crippen molar-refractivity contribution >= 4 is 17.9 Å². The van der Waals surface area contributed by atoms with Crippen molar-refractivity contribution in [3.63, 3.8) is 0 Å². The summed E-state index contributed by atoms with van der Waals surface area (Å²) in [7, 11) is 0. The number of carbonyl (C=O) groups is 3. The molecule has 0 N–H and O–H groups in total. The van der Waals surface area contributed by atoms with Crippen LogP contribution in [-0.4, -0.2) is 37.2 Å². The highest BCUT2D eigenvalue weighted by atomic mass is 16.6. The fraction of sp³-hybridized carbons (Fsp3) is 0.949. The second-order valence-electron chi connectivity index (χ2n) is 20.8. The van der Waals surface area contributed by atoms with E-state index in [0.717, 1.165) is 63.7 Å². The predicted octanol–water partition coefficient (Wildman–Crippen LogP) is 19.4. The van der Waals surface area contributed by atoms with Gasteiger partial charge in [0.05, 0.1) is 0 Å². The molecule has 0 aliphatic rings. The Morgan fingerprint density at radius 3 is 0.754 bits per heavy atom. The third-order valence-corrected chi connectivity index (χ3v) is 13.5. The number of unbranched alkanes of at least 4 members (excludes halogenated alkanes) is 41. The van der Waals surface area contributed by atoms with Crippen LogP contribution in [-0.2, 0) is 28.6 Å². The molecular formula is C59H114O6. The molecule has 0 spiro atoms. The van der Waals surface area contributed by atoms with E-state index in [9.17, 15) is 14.4 Å². The molecule has 65 heavy (non-hydrogen) atoms. The van der Waals surface area contributed by atoms with Crippen molar-refractivity contribution in [2.75, 3.05) is 13.2 Å². The van der Waals surface area contributed by atoms with Gasteiger partial charge in [-0.1, -0.05) is 297 Å². The van der Waals surface area contributed by atoms with Crippen molar-refractivity contribution in [3.8, 4) is 0 Å². The fourth-order valence-corrected chi connectivity index (χ4v) is 9.10. The second-order valence-corrected chi connectivity index (χ2v) is 20.8. The molecular weight excluding hydrogens is 805 g/mol. The topological polar surface area (TPSA) is 78.9 Å². The van der Waals surface area contributed by atoms with Crippen molar-refractivity contribution < 1.29 is 28.6 Å². The van der Waals surface area contributed by atoms with Crippen LogP contribution in [0, 0.1) is 5.92 Å². The van der Waals surface area contributed by atoms with Gasteiger partial charge in [0.1, 0.15) is 13.2 Å². The number of esters is 3. The minimum Gasteiger partial charge on any atom is -0.462 e. The monoisotopic (exact) mass is 919 g/mol. The molecule has 0 aromatic carbocycles. The van der Waals surface area contributed by atoms with E-state index >= 15 is 0 Å². The summed E-state index contributed by atoms with van der Waals surface area (Å²) < 4.78 is 16.9. The van der Waals surface area contributed by atoms with Crippen molar-refractivity contribution in [3.05, 3.63) is 0 Å². The van der Waals surface area contributed by atoms with E-state index in [1.807, 2.05) is 0 Å². The van der Waals surface area contributed by atoms with E-state index in [4.69, 9.17) is 14.2 Å². The molecule has 0 radical (unpaired) electrons. The molecule has 386 valence electrons. The first-order chi connectivity index (χ1) is 31.9. The van der Waals surface area contributed by atoms with Gasteiger partial charge in [-0.3, -0.25) is 14.4 Å². The van der Waals surface area contributed by atoms with Gasteiger partial charge in [0.25, 0.3) is 0 Å². The molecule has 0 aromatic rings. The molecule has 0 aliphatic heterocycles. The molecule has 0 saturated carbocycles. The number of hydrogen-bond donors (Lipinski definition) is 0. The highest BCUT2D eigenvalue weighted by Gasteiger charge is 2.19. The van der Waals surface area contributed by atoms with Gasteiger partial charge in [0.2, 0.25) is 0 Å². The average Bonchev–Trinajstić information content (AvgIpc) is 3.29. The SMILES string of the molecule is CCCCCCCCCCCCCCCCCC(=O)OC[C@@H](COC(=O)CCCCCCCCCCCCCCCCCCCCC(C)C)OC(=O)CCCCCCCCCCCCC. The molecule has 0 fully saturated rings. The summed E-state index contributed by atoms with van der Waals surface area (Å²) in [6.45, 7) is 9.07. The fourth-order valence-electron chi connectivity index (χ4n) is 9.10. The second kappa shape index (κ2) is 53.4. The van der Waals surface area contributed by atoms with E-state index in [0.29, 0.717) is 19.3 Å². The molecule has 0 heterocycles. The molecule has 6 nitrogen and oxygen atoms in total. The van der Waals surface area contributed by atoms with Crippen LogP contribution in [0.1, 0.15) is 336 Å². The zero-order chi connectivity index (χ0) is 47.4. The zero-order valence-electron chi connectivity index (χ0n) is 44.5. The minimum absolute atomic E-state index is 0.0618. The highest BCUT2D eigenvalue weighted by Crippen LogP contribution is 2.18. The van der Waals surface area contributed by atoms with Gasteiger partial charge in [0, 0.05) is 19.3 Å². The zero-order valence-corrected chi connectivity index (χ0v) is 44.5. The van der Waals surface area contributed by atoms with Crippen molar-refractivity contribution in [2.24, 2.45) is 5.92 Å². The predicted molar refractivity (Wildman–Crippen MR) is 280 cm³/mol. The van der Waals surface area contributed by atoms with Crippen LogP contribution in [0.15, 0.2) is 0 Å². The lowest BCUT2D eigenvalue weighted by Gasteiger charge is -2.18. The summed E-state index contributed by atoms with van der Waals surface area (Å²) in [5.74, 6) is 0.0238. The van der Waals surface area contributed by atoms with E-state index in [1.165, 1.54) is 231 Å². The Kier molecular flexibility index (Phi) is 52.1. The first kappa shape index (κ1) is 63.4. The Bertz CT molecular complexity index is 980. The van der Waals surface area contributed by atoms with Crippen LogP contribution in [0.2, 0.25) is 0 Å². The normalized spacial score (nSPS) is 12.0. The van der Waals surface area contributed by atoms with E-state index < -0.39 is 6.10 Å². The largest absolute Gasteiger partial charge is 0.462 e. The number of ether oxygens (including phenoxy) is 3. The lowest BCUT2D eigenvalue weighted by Crippen LogP contribution is -2.30. The first-order valence-electron chi connectivity index (χ1n) is 29.4. The maximum atomic E-state index is 12.8. The molecule has 0 unspecified atom stereocenters. The Balaban J connectivity index is 4.20. The van der Waals surface area contributed by atoms with Crippen molar-refractivity contribution in [2.45, 2.75) is 342 Å². The van der Waals surface area contributed by atoms with Crippen LogP contribution >= 0.6 is 0 Å². The van der Waals surface area contributed by atoms with Crippen LogP contribution in [0.4, 0.5) is 0 Å². The quantitative estimate of drug-likeness (QED) is 0.0344. The van der Waals surface area contributed by atoms with Gasteiger partial charge in [-0.25, -0.2) is 0 Å². The first-order valence-corrected chi connectivity index (χ1v) is 29.4. The van der Waals surface area contributed by atoms with Crippen LogP contribution in [0.5, 0.6) is 0 Å².